The Hall–Kier alpha value is -2.43. The van der Waals surface area contributed by atoms with Crippen molar-refractivity contribution in [3.8, 4) is 0 Å². The molecule has 0 radical (unpaired) electrons. The van der Waals surface area contributed by atoms with Gasteiger partial charge in [0.05, 0.1) is 0 Å². The molecular formula is C17H22F12O6. The van der Waals surface area contributed by atoms with Crippen molar-refractivity contribution in [3.05, 3.63) is 0 Å². The van der Waals surface area contributed by atoms with Crippen molar-refractivity contribution < 1.29 is 81.3 Å². The van der Waals surface area contributed by atoms with Crippen LogP contribution in [0.1, 0.15) is 48.5 Å². The summed E-state index contributed by atoms with van der Waals surface area (Å²) in [5.74, 6) is -3.51. The fourth-order valence-corrected chi connectivity index (χ4v) is 1.30. The van der Waals surface area contributed by atoms with Gasteiger partial charge in [-0.15, -0.1) is 0 Å². The molecule has 18 heteroatoms. The lowest BCUT2D eigenvalue weighted by Gasteiger charge is -2.32. The maximum atomic E-state index is 12.0. The number of carbonyl (C=O) groups is 3. The largest absolute Gasteiger partial charge is 0.453 e. The van der Waals surface area contributed by atoms with Crippen molar-refractivity contribution in [2.75, 3.05) is 0 Å². The van der Waals surface area contributed by atoms with Crippen molar-refractivity contribution in [2.45, 2.75) is 90.5 Å². The lowest BCUT2D eigenvalue weighted by Crippen LogP contribution is -2.57. The lowest BCUT2D eigenvalue weighted by molar-refractivity contribution is -0.362. The van der Waals surface area contributed by atoms with Crippen molar-refractivity contribution in [3.63, 3.8) is 0 Å². The number of carbonyl (C=O) groups excluding carboxylic acids is 3. The standard InChI is InChI=1S/C6H6F6O2.C6H9F3O2.C5H7F3O2/c1-3(13)14-4(2,5(7,8)9)6(10,11)12;1-4(10)11-5(2,3)6(7,8)9;1-3(5(6,7)8)10-4(2)9/h1-2H3;1-3H3;3H,1-2H3. The highest BCUT2D eigenvalue weighted by atomic mass is 19.4. The molecule has 1 unspecified atom stereocenters. The zero-order valence-electron chi connectivity index (χ0n) is 19.1. The molecule has 0 aromatic carbocycles. The summed E-state index contributed by atoms with van der Waals surface area (Å²) < 4.78 is 153. The molecule has 1 atom stereocenters. The normalized spacial score (nSPS) is 13.8. The van der Waals surface area contributed by atoms with E-state index in [2.05, 4.69) is 14.2 Å². The Balaban J connectivity index is -0.000000447. The summed E-state index contributed by atoms with van der Waals surface area (Å²) in [5.41, 5.74) is -6.84. The highest BCUT2D eigenvalue weighted by molar-refractivity contribution is 5.67. The minimum atomic E-state index is -5.70. The summed E-state index contributed by atoms with van der Waals surface area (Å²) in [5, 5.41) is 0. The van der Waals surface area contributed by atoms with Crippen LogP contribution in [0, 0.1) is 0 Å². The number of ether oxygens (including phenoxy) is 3. The van der Waals surface area contributed by atoms with Crippen LogP contribution in [-0.2, 0) is 28.6 Å². The smallest absolute Gasteiger partial charge is 0.437 e. The number of alkyl halides is 12. The Bertz CT molecular complexity index is 690. The number of esters is 3. The molecule has 0 aliphatic carbocycles. The first-order valence-corrected chi connectivity index (χ1v) is 8.75. The summed E-state index contributed by atoms with van der Waals surface area (Å²) >= 11 is 0. The van der Waals surface area contributed by atoms with Crippen LogP contribution in [0.3, 0.4) is 0 Å². The summed E-state index contributed by atoms with van der Waals surface area (Å²) in [4.78, 5) is 30.3. The highest BCUT2D eigenvalue weighted by Gasteiger charge is 2.71. The molecule has 0 aromatic rings. The number of hydrogen-bond acceptors (Lipinski definition) is 6. The van der Waals surface area contributed by atoms with Crippen LogP contribution in [0.4, 0.5) is 52.7 Å². The SMILES string of the molecule is CC(=O)OC(C)(C(F)(F)F)C(F)(F)F.CC(=O)OC(C)(C)C(F)(F)F.CC(=O)OC(C)C(F)(F)F. The van der Waals surface area contributed by atoms with Gasteiger partial charge in [0.15, 0.2) is 6.10 Å². The van der Waals surface area contributed by atoms with E-state index in [0.717, 1.165) is 34.6 Å². The maximum Gasteiger partial charge on any atom is 0.437 e. The van der Waals surface area contributed by atoms with Crippen LogP contribution >= 0.6 is 0 Å². The van der Waals surface area contributed by atoms with E-state index in [4.69, 9.17) is 0 Å². The lowest BCUT2D eigenvalue weighted by atomic mass is 10.1. The molecule has 0 saturated heterocycles. The third-order valence-electron chi connectivity index (χ3n) is 3.31. The van der Waals surface area contributed by atoms with Gasteiger partial charge in [-0.3, -0.25) is 14.4 Å². The fourth-order valence-electron chi connectivity index (χ4n) is 1.30. The minimum Gasteiger partial charge on any atom is -0.453 e. The molecule has 0 heterocycles. The van der Waals surface area contributed by atoms with Gasteiger partial charge >= 0.3 is 42.6 Å². The van der Waals surface area contributed by atoms with Crippen molar-refractivity contribution in [2.24, 2.45) is 0 Å². The molecule has 0 aliphatic heterocycles. The molecule has 35 heavy (non-hydrogen) atoms. The molecule has 0 fully saturated rings. The summed E-state index contributed by atoms with van der Waals surface area (Å²) in [7, 11) is 0. The van der Waals surface area contributed by atoms with Crippen molar-refractivity contribution in [1.82, 2.24) is 0 Å². The van der Waals surface area contributed by atoms with E-state index in [9.17, 15) is 67.1 Å². The second kappa shape index (κ2) is 12.5. The molecule has 6 nitrogen and oxygen atoms in total. The van der Waals surface area contributed by atoms with Gasteiger partial charge in [0.1, 0.15) is 0 Å². The van der Waals surface area contributed by atoms with E-state index in [1.807, 2.05) is 0 Å². The Labute approximate surface area is 190 Å². The van der Waals surface area contributed by atoms with Gasteiger partial charge in [-0.1, -0.05) is 0 Å². The van der Waals surface area contributed by atoms with Crippen molar-refractivity contribution in [1.29, 1.82) is 0 Å². The third kappa shape index (κ3) is 13.9. The second-order valence-corrected chi connectivity index (χ2v) is 7.02. The van der Waals surface area contributed by atoms with Gasteiger partial charge in [0.25, 0.3) is 5.60 Å². The van der Waals surface area contributed by atoms with E-state index in [-0.39, 0.29) is 6.92 Å². The highest BCUT2D eigenvalue weighted by Crippen LogP contribution is 2.45. The number of halogens is 12. The first-order chi connectivity index (χ1) is 14.9. The predicted molar refractivity (Wildman–Crippen MR) is 91.5 cm³/mol. The van der Waals surface area contributed by atoms with Gasteiger partial charge in [-0.2, -0.15) is 52.7 Å². The second-order valence-electron chi connectivity index (χ2n) is 7.02. The molecule has 0 aliphatic rings. The summed E-state index contributed by atoms with van der Waals surface area (Å²) in [6, 6.07) is 0. The Kier molecular flexibility index (Phi) is 13.3. The third-order valence-corrected chi connectivity index (χ3v) is 3.31. The Morgan fingerprint density at radius 3 is 0.971 bits per heavy atom. The molecule has 0 rings (SSSR count). The number of rotatable bonds is 3. The zero-order chi connectivity index (χ0) is 29.4. The molecule has 210 valence electrons. The first-order valence-electron chi connectivity index (χ1n) is 8.75. The topological polar surface area (TPSA) is 78.9 Å². The molecule has 0 spiro atoms. The van der Waals surface area contributed by atoms with Crippen LogP contribution in [0.25, 0.3) is 0 Å². The van der Waals surface area contributed by atoms with Gasteiger partial charge in [0, 0.05) is 20.8 Å². The molecule has 0 aromatic heterocycles. The van der Waals surface area contributed by atoms with Crippen LogP contribution < -0.4 is 0 Å². The quantitative estimate of drug-likeness (QED) is 0.250. The Morgan fingerprint density at radius 1 is 0.571 bits per heavy atom. The van der Waals surface area contributed by atoms with Gasteiger partial charge in [-0.05, 0) is 27.7 Å². The molecule has 0 saturated carbocycles. The average Bonchev–Trinajstić information content (AvgIpc) is 2.49. The molecular weight excluding hydrogens is 528 g/mol. The molecule has 0 N–H and O–H groups in total. The van der Waals surface area contributed by atoms with E-state index >= 15 is 0 Å². The molecule has 0 amide bonds. The van der Waals surface area contributed by atoms with Crippen LogP contribution in [0.2, 0.25) is 0 Å². The van der Waals surface area contributed by atoms with Crippen LogP contribution in [-0.4, -0.2) is 59.9 Å². The molecule has 0 bridgehead atoms. The number of hydrogen-bond donors (Lipinski definition) is 0. The van der Waals surface area contributed by atoms with E-state index in [1.54, 1.807) is 0 Å². The van der Waals surface area contributed by atoms with Crippen molar-refractivity contribution >= 4 is 17.9 Å². The Morgan fingerprint density at radius 2 is 0.886 bits per heavy atom. The minimum absolute atomic E-state index is 0.242. The van der Waals surface area contributed by atoms with E-state index < -0.39 is 59.9 Å². The average molecular weight is 550 g/mol. The fraction of sp³-hybridized carbons (Fsp3) is 0.824. The predicted octanol–water partition coefficient (Wildman–Crippen LogP) is 5.82. The van der Waals surface area contributed by atoms with Gasteiger partial charge < -0.3 is 14.2 Å². The van der Waals surface area contributed by atoms with Crippen LogP contribution in [0.5, 0.6) is 0 Å². The maximum absolute atomic E-state index is 12.0. The van der Waals surface area contributed by atoms with Gasteiger partial charge in [-0.25, -0.2) is 0 Å². The summed E-state index contributed by atoms with van der Waals surface area (Å²) in [6.45, 7) is 4.48. The van der Waals surface area contributed by atoms with E-state index in [1.165, 1.54) is 0 Å². The van der Waals surface area contributed by atoms with Crippen LogP contribution in [0.15, 0.2) is 0 Å². The zero-order valence-corrected chi connectivity index (χ0v) is 19.1. The van der Waals surface area contributed by atoms with E-state index in [0.29, 0.717) is 6.92 Å². The monoisotopic (exact) mass is 550 g/mol. The summed E-state index contributed by atoms with van der Waals surface area (Å²) in [6.07, 6.45) is -22.4. The first kappa shape index (κ1) is 37.1. The van der Waals surface area contributed by atoms with Gasteiger partial charge in [0.2, 0.25) is 5.60 Å².